The van der Waals surface area contributed by atoms with Gasteiger partial charge in [-0.2, -0.15) is 13.2 Å². The van der Waals surface area contributed by atoms with Crippen molar-refractivity contribution < 1.29 is 27.6 Å². The van der Waals surface area contributed by atoms with Crippen molar-refractivity contribution in [3.63, 3.8) is 0 Å². The highest BCUT2D eigenvalue weighted by molar-refractivity contribution is 6.22. The lowest BCUT2D eigenvalue weighted by atomic mass is 10.0. The van der Waals surface area contributed by atoms with Crippen LogP contribution in [0, 0.1) is 0 Å². The minimum atomic E-state index is -4.49. The summed E-state index contributed by atoms with van der Waals surface area (Å²) in [4.78, 5) is 38.3. The molecule has 0 spiro atoms. The van der Waals surface area contributed by atoms with Gasteiger partial charge in [0.15, 0.2) is 0 Å². The van der Waals surface area contributed by atoms with Gasteiger partial charge in [0, 0.05) is 0 Å². The van der Waals surface area contributed by atoms with Crippen LogP contribution in [0.3, 0.4) is 0 Å². The molecule has 0 saturated heterocycles. The van der Waals surface area contributed by atoms with Crippen molar-refractivity contribution in [2.45, 2.75) is 32.1 Å². The molecule has 0 fully saturated rings. The zero-order valence-electron chi connectivity index (χ0n) is 15.1. The Morgan fingerprint density at radius 1 is 0.964 bits per heavy atom. The summed E-state index contributed by atoms with van der Waals surface area (Å²) in [6.45, 7) is 2.93. The highest BCUT2D eigenvalue weighted by Gasteiger charge is 2.40. The van der Waals surface area contributed by atoms with Crippen molar-refractivity contribution >= 4 is 17.7 Å². The highest BCUT2D eigenvalue weighted by atomic mass is 19.4. The van der Waals surface area contributed by atoms with Crippen molar-refractivity contribution in [1.82, 2.24) is 10.2 Å². The molecule has 1 heterocycles. The first kappa shape index (κ1) is 19.6. The van der Waals surface area contributed by atoms with Crippen molar-refractivity contribution in [3.8, 4) is 0 Å². The van der Waals surface area contributed by atoms with Crippen molar-refractivity contribution in [1.29, 1.82) is 0 Å². The van der Waals surface area contributed by atoms with E-state index in [4.69, 9.17) is 0 Å². The van der Waals surface area contributed by atoms with Crippen LogP contribution in [-0.2, 0) is 11.0 Å². The van der Waals surface area contributed by atoms with Gasteiger partial charge in [-0.3, -0.25) is 19.3 Å². The molecule has 8 heteroatoms. The zero-order chi connectivity index (χ0) is 20.6. The Balaban J connectivity index is 1.75. The number of fused-ring (bicyclic) bond motifs is 1. The molecule has 0 bridgehead atoms. The molecule has 5 nitrogen and oxygen atoms in total. The molecule has 0 aliphatic carbocycles. The predicted molar refractivity (Wildman–Crippen MR) is 94.4 cm³/mol. The molecule has 1 aliphatic heterocycles. The van der Waals surface area contributed by atoms with Gasteiger partial charge >= 0.3 is 6.18 Å². The van der Waals surface area contributed by atoms with Gasteiger partial charge in [-0.05, 0) is 43.7 Å². The first-order valence-electron chi connectivity index (χ1n) is 8.55. The van der Waals surface area contributed by atoms with Gasteiger partial charge in [-0.15, -0.1) is 0 Å². The van der Waals surface area contributed by atoms with E-state index in [0.29, 0.717) is 0 Å². The molecular formula is C20H17F3N2O3. The normalized spacial score (nSPS) is 16.0. The fourth-order valence-electron chi connectivity index (χ4n) is 3.08. The maximum absolute atomic E-state index is 12.9. The van der Waals surface area contributed by atoms with Crippen molar-refractivity contribution in [3.05, 3.63) is 70.8 Å². The van der Waals surface area contributed by atoms with Crippen LogP contribution in [-0.4, -0.2) is 28.7 Å². The monoisotopic (exact) mass is 390 g/mol. The second-order valence-electron chi connectivity index (χ2n) is 6.56. The van der Waals surface area contributed by atoms with Gasteiger partial charge in [-0.1, -0.05) is 24.3 Å². The van der Waals surface area contributed by atoms with E-state index in [2.05, 4.69) is 5.32 Å². The van der Waals surface area contributed by atoms with E-state index in [-0.39, 0.29) is 16.7 Å². The Hall–Kier alpha value is -3.16. The van der Waals surface area contributed by atoms with Crippen LogP contribution in [0.2, 0.25) is 0 Å². The molecule has 2 aromatic carbocycles. The molecule has 146 valence electrons. The number of amides is 3. The molecule has 0 aromatic heterocycles. The van der Waals surface area contributed by atoms with Gasteiger partial charge in [0.1, 0.15) is 6.04 Å². The smallest absolute Gasteiger partial charge is 0.348 e. The number of alkyl halides is 3. The van der Waals surface area contributed by atoms with Gasteiger partial charge in [-0.25, -0.2) is 0 Å². The van der Waals surface area contributed by atoms with Gasteiger partial charge in [0.25, 0.3) is 11.8 Å². The molecule has 2 atom stereocenters. The fraction of sp³-hybridized carbons (Fsp3) is 0.250. The number of halogens is 3. The maximum atomic E-state index is 12.9. The van der Waals surface area contributed by atoms with Crippen LogP contribution >= 0.6 is 0 Å². The number of nitrogens with zero attached hydrogens (tertiary/aromatic N) is 1. The average Bonchev–Trinajstić information content (AvgIpc) is 2.91. The summed E-state index contributed by atoms with van der Waals surface area (Å²) in [5, 5.41) is 2.57. The third-order valence-corrected chi connectivity index (χ3v) is 4.66. The summed E-state index contributed by atoms with van der Waals surface area (Å²) < 4.78 is 38.6. The third-order valence-electron chi connectivity index (χ3n) is 4.66. The number of rotatable bonds is 4. The van der Waals surface area contributed by atoms with E-state index in [1.807, 2.05) is 0 Å². The van der Waals surface area contributed by atoms with Crippen LogP contribution in [0.5, 0.6) is 0 Å². The Morgan fingerprint density at radius 2 is 1.54 bits per heavy atom. The second kappa shape index (κ2) is 7.10. The van der Waals surface area contributed by atoms with E-state index in [0.717, 1.165) is 17.0 Å². The minimum Gasteiger partial charge on any atom is -0.348 e. The van der Waals surface area contributed by atoms with E-state index in [1.54, 1.807) is 12.1 Å². The number of nitrogens with one attached hydrogen (secondary N) is 1. The molecule has 3 amide bonds. The zero-order valence-corrected chi connectivity index (χ0v) is 15.1. The molecule has 1 N–H and O–H groups in total. The summed E-state index contributed by atoms with van der Waals surface area (Å²) >= 11 is 0. The summed E-state index contributed by atoms with van der Waals surface area (Å²) in [6.07, 6.45) is -4.49. The van der Waals surface area contributed by atoms with Gasteiger partial charge < -0.3 is 5.32 Å². The fourth-order valence-corrected chi connectivity index (χ4v) is 3.08. The maximum Gasteiger partial charge on any atom is 0.416 e. The molecule has 1 aliphatic rings. The first-order valence-corrected chi connectivity index (χ1v) is 8.55. The molecule has 2 aromatic rings. The number of hydrogen-bond acceptors (Lipinski definition) is 3. The Morgan fingerprint density at radius 3 is 2.07 bits per heavy atom. The number of carbonyl (C=O) groups excluding carboxylic acids is 3. The lowest BCUT2D eigenvalue weighted by Crippen LogP contribution is -2.48. The Kier molecular flexibility index (Phi) is 4.97. The van der Waals surface area contributed by atoms with Crippen LogP contribution in [0.15, 0.2) is 48.5 Å². The first-order chi connectivity index (χ1) is 13.1. The minimum absolute atomic E-state index is 0.220. The average molecular weight is 390 g/mol. The third kappa shape index (κ3) is 3.49. The second-order valence-corrected chi connectivity index (χ2v) is 6.56. The van der Waals surface area contributed by atoms with Gasteiger partial charge in [0.05, 0.1) is 22.7 Å². The van der Waals surface area contributed by atoms with E-state index in [1.165, 1.54) is 38.1 Å². The lowest BCUT2D eigenvalue weighted by molar-refractivity contribution is -0.137. The number of imide groups is 1. The summed E-state index contributed by atoms with van der Waals surface area (Å²) in [6, 6.07) is 9.02. The van der Waals surface area contributed by atoms with Crippen molar-refractivity contribution in [2.75, 3.05) is 0 Å². The Labute approximate surface area is 159 Å². The molecule has 0 saturated carbocycles. The Bertz CT molecular complexity index is 921. The summed E-state index contributed by atoms with van der Waals surface area (Å²) in [5.41, 5.74) is -0.117. The summed E-state index contributed by atoms with van der Waals surface area (Å²) in [7, 11) is 0. The molecule has 3 rings (SSSR count). The van der Waals surface area contributed by atoms with Crippen molar-refractivity contribution in [2.24, 2.45) is 0 Å². The molecular weight excluding hydrogens is 373 g/mol. The molecule has 2 unspecified atom stereocenters. The molecule has 0 radical (unpaired) electrons. The van der Waals surface area contributed by atoms with Crippen LogP contribution in [0.1, 0.15) is 51.7 Å². The topological polar surface area (TPSA) is 66.5 Å². The van der Waals surface area contributed by atoms with E-state index in [9.17, 15) is 27.6 Å². The number of carbonyl (C=O) groups is 3. The predicted octanol–water partition coefficient (Wildman–Crippen LogP) is 3.57. The molecule has 28 heavy (non-hydrogen) atoms. The lowest BCUT2D eigenvalue weighted by Gasteiger charge is -2.24. The van der Waals surface area contributed by atoms with Crippen LogP contribution in [0.25, 0.3) is 0 Å². The SMILES string of the molecule is CC(NC(=O)C(C)N1C(=O)c2ccccc2C1=O)c1cccc(C(F)(F)F)c1. The quantitative estimate of drug-likeness (QED) is 0.812. The van der Waals surface area contributed by atoms with Crippen LogP contribution < -0.4 is 5.32 Å². The van der Waals surface area contributed by atoms with E-state index >= 15 is 0 Å². The number of hydrogen-bond donors (Lipinski definition) is 1. The van der Waals surface area contributed by atoms with Gasteiger partial charge in [0.2, 0.25) is 5.91 Å². The largest absolute Gasteiger partial charge is 0.416 e. The standard InChI is InChI=1S/C20H17F3N2O3/c1-11(13-6-5-7-14(10-13)20(21,22)23)24-17(26)12(2)25-18(27)15-8-3-4-9-16(15)19(25)28/h3-12H,1-2H3,(H,24,26). The van der Waals surface area contributed by atoms with E-state index < -0.39 is 41.5 Å². The highest BCUT2D eigenvalue weighted by Crippen LogP contribution is 2.31. The summed E-state index contributed by atoms with van der Waals surface area (Å²) in [5.74, 6) is -1.79. The number of benzene rings is 2. The van der Waals surface area contributed by atoms with Crippen LogP contribution in [0.4, 0.5) is 13.2 Å².